The lowest BCUT2D eigenvalue weighted by Crippen LogP contribution is -2.47. The summed E-state index contributed by atoms with van der Waals surface area (Å²) in [6.07, 6.45) is 4.62. The minimum atomic E-state index is -0.555. The van der Waals surface area contributed by atoms with Crippen LogP contribution in [0.15, 0.2) is 85.1 Å². The van der Waals surface area contributed by atoms with Gasteiger partial charge in [-0.1, -0.05) is 81.3 Å². The Hall–Kier alpha value is -3.70. The van der Waals surface area contributed by atoms with Gasteiger partial charge in [0, 0.05) is 34.3 Å². The number of nitrogens with one attached hydrogen (secondary N) is 1. The molecule has 1 aromatic heterocycles. The zero-order chi connectivity index (χ0) is 26.1. The number of ether oxygens (including phenoxy) is 2. The summed E-state index contributed by atoms with van der Waals surface area (Å²) < 4.78 is 12.8. The minimum absolute atomic E-state index is 0.0165. The molecule has 4 aromatic rings. The molecule has 6 rings (SSSR count). The quantitative estimate of drug-likeness (QED) is 0.281. The molecule has 0 amide bonds. The maximum absolute atomic E-state index is 14.2. The normalized spacial score (nSPS) is 21.7. The second-order valence-corrected chi connectivity index (χ2v) is 10.5. The Bertz CT molecular complexity index is 1400. The van der Waals surface area contributed by atoms with Gasteiger partial charge in [-0.15, -0.1) is 0 Å². The molecule has 1 saturated heterocycles. The van der Waals surface area contributed by atoms with Gasteiger partial charge in [-0.05, 0) is 49.1 Å². The Morgan fingerprint density at radius 3 is 2.29 bits per heavy atom. The number of carbonyl (C=O) groups is 1. The Morgan fingerprint density at radius 1 is 0.921 bits per heavy atom. The molecular weight excluding hydrogens is 472 g/mol. The average molecular weight is 507 g/mol. The van der Waals surface area contributed by atoms with E-state index in [4.69, 9.17) is 9.47 Å². The highest BCUT2D eigenvalue weighted by Crippen LogP contribution is 2.46. The van der Waals surface area contributed by atoms with Crippen molar-refractivity contribution in [2.24, 2.45) is 11.8 Å². The smallest absolute Gasteiger partial charge is 0.318 e. The first-order valence-corrected chi connectivity index (χ1v) is 13.8. The predicted octanol–water partition coefficient (Wildman–Crippen LogP) is 7.17. The lowest BCUT2D eigenvalue weighted by atomic mass is 9.77. The number of hydrogen-bond acceptors (Lipinski definition) is 5. The van der Waals surface area contributed by atoms with Gasteiger partial charge in [0.25, 0.3) is 0 Å². The topological polar surface area (TPSA) is 60.5 Å². The van der Waals surface area contributed by atoms with Crippen molar-refractivity contribution in [1.82, 2.24) is 10.3 Å². The first-order valence-electron chi connectivity index (χ1n) is 13.8. The Morgan fingerprint density at radius 2 is 1.58 bits per heavy atom. The molecule has 38 heavy (non-hydrogen) atoms. The minimum Gasteiger partial charge on any atom is -0.457 e. The maximum atomic E-state index is 14.2. The molecule has 1 fully saturated rings. The van der Waals surface area contributed by atoms with Crippen molar-refractivity contribution in [1.29, 1.82) is 0 Å². The monoisotopic (exact) mass is 506 g/mol. The summed E-state index contributed by atoms with van der Waals surface area (Å²) in [5, 5.41) is 4.79. The summed E-state index contributed by atoms with van der Waals surface area (Å²) in [5.41, 5.74) is 3.58. The van der Waals surface area contributed by atoms with Crippen LogP contribution in [0.4, 0.5) is 0 Å². The van der Waals surface area contributed by atoms with E-state index in [1.54, 1.807) is 0 Å². The molecule has 0 bridgehead atoms. The first kappa shape index (κ1) is 24.6. The summed E-state index contributed by atoms with van der Waals surface area (Å²) in [6, 6.07) is 25.7. The van der Waals surface area contributed by atoms with Gasteiger partial charge in [0.05, 0.1) is 5.52 Å². The third-order valence-corrected chi connectivity index (χ3v) is 8.43. The second-order valence-electron chi connectivity index (χ2n) is 10.5. The second kappa shape index (κ2) is 10.6. The van der Waals surface area contributed by atoms with E-state index in [1.807, 2.05) is 79.0 Å². The molecule has 0 aliphatic carbocycles. The lowest BCUT2D eigenvalue weighted by molar-refractivity contribution is -0.153. The summed E-state index contributed by atoms with van der Waals surface area (Å²) >= 11 is 0. The van der Waals surface area contributed by atoms with E-state index in [2.05, 4.69) is 30.2 Å². The van der Waals surface area contributed by atoms with Gasteiger partial charge >= 0.3 is 5.97 Å². The molecule has 3 aromatic carbocycles. The predicted molar refractivity (Wildman–Crippen MR) is 149 cm³/mol. The molecule has 2 aliphatic heterocycles. The van der Waals surface area contributed by atoms with Crippen LogP contribution in [0.25, 0.3) is 10.9 Å². The molecule has 194 valence electrons. The fraction of sp³-hybridized carbons (Fsp3) is 0.333. The van der Waals surface area contributed by atoms with Crippen molar-refractivity contribution in [3.05, 3.63) is 102 Å². The molecule has 3 heterocycles. The number of esters is 1. The highest BCUT2D eigenvalue weighted by atomic mass is 16.5. The van der Waals surface area contributed by atoms with Gasteiger partial charge < -0.3 is 14.8 Å². The number of hydrogen-bond donors (Lipinski definition) is 1. The van der Waals surface area contributed by atoms with E-state index in [0.29, 0.717) is 23.3 Å². The molecule has 1 unspecified atom stereocenters. The third kappa shape index (κ3) is 4.45. The summed E-state index contributed by atoms with van der Waals surface area (Å²) in [6.45, 7) is 5.47. The number of piperidine rings is 1. The molecule has 0 spiro atoms. The Labute approximate surface area is 224 Å². The van der Waals surface area contributed by atoms with Crippen LogP contribution in [0, 0.1) is 11.8 Å². The van der Waals surface area contributed by atoms with Crippen LogP contribution in [0.1, 0.15) is 61.8 Å². The van der Waals surface area contributed by atoms with Crippen LogP contribution >= 0.6 is 0 Å². The Kier molecular flexibility index (Phi) is 6.86. The number of rotatable bonds is 6. The standard InChI is InChI=1S/C33H34N2O3/c1-3-21-19-28(35-20-22(21)4-2)32(24-17-18-34-27-14-8-5-11-23(24)27)38-33(36)31-25-12-6-9-15-29(25)37-30-16-10-7-13-26(30)31/h5-18,21-22,28,31-32,35H,3-4,19-20H2,1-2H3/t21?,22-,28+,32-/m0/s1. The van der Waals surface area contributed by atoms with E-state index in [1.165, 1.54) is 0 Å². The highest BCUT2D eigenvalue weighted by Gasteiger charge is 2.39. The van der Waals surface area contributed by atoms with Gasteiger partial charge in [-0.3, -0.25) is 9.78 Å². The number of carbonyl (C=O) groups excluding carboxylic acids is 1. The van der Waals surface area contributed by atoms with Crippen molar-refractivity contribution in [3.8, 4) is 11.5 Å². The van der Waals surface area contributed by atoms with E-state index in [0.717, 1.165) is 53.4 Å². The maximum Gasteiger partial charge on any atom is 0.318 e. The summed E-state index contributed by atoms with van der Waals surface area (Å²) in [7, 11) is 0. The number of benzene rings is 3. The van der Waals surface area contributed by atoms with Gasteiger partial charge in [-0.25, -0.2) is 0 Å². The van der Waals surface area contributed by atoms with Crippen LogP contribution in [0.5, 0.6) is 11.5 Å². The van der Waals surface area contributed by atoms with Crippen LogP contribution in [-0.4, -0.2) is 23.5 Å². The van der Waals surface area contributed by atoms with Gasteiger partial charge in [0.1, 0.15) is 23.5 Å². The number of fused-ring (bicyclic) bond motifs is 3. The van der Waals surface area contributed by atoms with E-state index in [9.17, 15) is 4.79 Å². The molecule has 5 heteroatoms. The zero-order valence-corrected chi connectivity index (χ0v) is 22.0. The molecule has 0 saturated carbocycles. The van der Waals surface area contributed by atoms with E-state index in [-0.39, 0.29) is 12.0 Å². The number of para-hydroxylation sites is 3. The van der Waals surface area contributed by atoms with Crippen molar-refractivity contribution >= 4 is 16.9 Å². The fourth-order valence-electron chi connectivity index (χ4n) is 6.37. The number of pyridine rings is 1. The van der Waals surface area contributed by atoms with E-state index >= 15 is 0 Å². The molecular formula is C33H34N2O3. The molecule has 1 N–H and O–H groups in total. The Balaban J connectivity index is 1.41. The summed E-state index contributed by atoms with van der Waals surface area (Å²) in [4.78, 5) is 18.8. The van der Waals surface area contributed by atoms with Gasteiger partial charge in [0.2, 0.25) is 0 Å². The number of nitrogens with zero attached hydrogens (tertiary/aromatic N) is 1. The van der Waals surface area contributed by atoms with Gasteiger partial charge in [-0.2, -0.15) is 0 Å². The van der Waals surface area contributed by atoms with Crippen LogP contribution in [0.2, 0.25) is 0 Å². The first-order chi connectivity index (χ1) is 18.7. The largest absolute Gasteiger partial charge is 0.457 e. The third-order valence-electron chi connectivity index (χ3n) is 8.43. The van der Waals surface area contributed by atoms with Crippen molar-refractivity contribution < 1.29 is 14.3 Å². The molecule has 4 atom stereocenters. The molecule has 0 radical (unpaired) electrons. The zero-order valence-electron chi connectivity index (χ0n) is 22.0. The van der Waals surface area contributed by atoms with Crippen molar-refractivity contribution in [2.45, 2.75) is 51.2 Å². The van der Waals surface area contributed by atoms with E-state index < -0.39 is 12.0 Å². The SMILES string of the molecule is CCC1C[C@H]([C@@H](OC(=O)C2c3ccccc3Oc3ccccc32)c2ccnc3ccccc23)NC[C@@H]1CC. The highest BCUT2D eigenvalue weighted by molar-refractivity contribution is 5.87. The number of aromatic nitrogens is 1. The average Bonchev–Trinajstić information content (AvgIpc) is 2.98. The van der Waals surface area contributed by atoms with Crippen LogP contribution < -0.4 is 10.1 Å². The molecule has 2 aliphatic rings. The van der Waals surface area contributed by atoms with Crippen molar-refractivity contribution in [3.63, 3.8) is 0 Å². The molecule has 5 nitrogen and oxygen atoms in total. The van der Waals surface area contributed by atoms with Crippen LogP contribution in [0.3, 0.4) is 0 Å². The van der Waals surface area contributed by atoms with Crippen molar-refractivity contribution in [2.75, 3.05) is 6.54 Å². The fourth-order valence-corrected chi connectivity index (χ4v) is 6.37. The summed E-state index contributed by atoms with van der Waals surface area (Å²) in [5.74, 6) is 1.81. The van der Waals surface area contributed by atoms with Gasteiger partial charge in [0.15, 0.2) is 0 Å². The lowest BCUT2D eigenvalue weighted by Gasteiger charge is -2.40. The van der Waals surface area contributed by atoms with Crippen LogP contribution in [-0.2, 0) is 9.53 Å².